The van der Waals surface area contributed by atoms with Crippen molar-refractivity contribution in [3.63, 3.8) is 0 Å². The number of amides is 2. The van der Waals surface area contributed by atoms with Crippen molar-refractivity contribution in [2.24, 2.45) is 5.92 Å². The second kappa shape index (κ2) is 12.5. The summed E-state index contributed by atoms with van der Waals surface area (Å²) < 4.78 is 4.69. The van der Waals surface area contributed by atoms with Gasteiger partial charge in [0.1, 0.15) is 5.92 Å². The normalized spacial score (nSPS) is 12.4. The largest absolute Gasteiger partial charge is 0.468 e. The highest BCUT2D eigenvalue weighted by molar-refractivity contribution is 6.44. The molecule has 182 valence electrons. The number of rotatable bonds is 10. The summed E-state index contributed by atoms with van der Waals surface area (Å²) in [6.07, 6.45) is 0.900. The Kier molecular flexibility index (Phi) is 10.1. The number of para-hydroxylation sites is 1. The summed E-state index contributed by atoms with van der Waals surface area (Å²) in [5.74, 6) is -5.14. The van der Waals surface area contributed by atoms with Gasteiger partial charge in [-0.3, -0.25) is 19.2 Å². The molecule has 0 saturated heterocycles. The van der Waals surface area contributed by atoms with E-state index in [1.807, 2.05) is 39.0 Å². The van der Waals surface area contributed by atoms with Crippen LogP contribution in [0.3, 0.4) is 0 Å². The first-order chi connectivity index (χ1) is 16.1. The summed E-state index contributed by atoms with van der Waals surface area (Å²) in [7, 11) is 1.09. The van der Waals surface area contributed by atoms with Crippen LogP contribution in [0.15, 0.2) is 36.4 Å². The lowest BCUT2D eigenvalue weighted by Crippen LogP contribution is -2.37. The molecule has 0 aliphatic heterocycles. The van der Waals surface area contributed by atoms with Gasteiger partial charge in [0.05, 0.1) is 17.2 Å². The fourth-order valence-corrected chi connectivity index (χ4v) is 3.73. The number of hydrogen-bond acceptors (Lipinski definition) is 5. The lowest BCUT2D eigenvalue weighted by molar-refractivity contribution is -0.153. The van der Waals surface area contributed by atoms with E-state index in [-0.39, 0.29) is 10.9 Å². The van der Waals surface area contributed by atoms with Crippen LogP contribution >= 0.6 is 23.2 Å². The number of halogens is 2. The number of anilines is 2. The predicted octanol–water partition coefficient (Wildman–Crippen LogP) is 5.39. The Morgan fingerprint density at radius 3 is 2.29 bits per heavy atom. The molecule has 0 saturated carbocycles. The van der Waals surface area contributed by atoms with Crippen LogP contribution in [0.25, 0.3) is 0 Å². The number of nitrogens with one attached hydrogen (secondary N) is 2. The van der Waals surface area contributed by atoms with Gasteiger partial charge in [0, 0.05) is 17.8 Å². The lowest BCUT2D eigenvalue weighted by Gasteiger charge is -2.20. The first-order valence-corrected chi connectivity index (χ1v) is 11.7. The van der Waals surface area contributed by atoms with E-state index in [0.29, 0.717) is 22.8 Å². The lowest BCUT2D eigenvalue weighted by atomic mass is 9.93. The summed E-state index contributed by atoms with van der Waals surface area (Å²) in [6.45, 7) is 5.99. The third kappa shape index (κ3) is 6.81. The number of hydrogen-bond donors (Lipinski definition) is 2. The zero-order valence-corrected chi connectivity index (χ0v) is 21.0. The fraction of sp³-hybridized carbons (Fsp3) is 0.360. The van der Waals surface area contributed by atoms with E-state index in [1.54, 1.807) is 0 Å². The van der Waals surface area contributed by atoms with Crippen LogP contribution in [0.5, 0.6) is 0 Å². The van der Waals surface area contributed by atoms with Crippen LogP contribution in [0, 0.1) is 5.92 Å². The minimum Gasteiger partial charge on any atom is -0.468 e. The van der Waals surface area contributed by atoms with Crippen LogP contribution in [-0.2, 0) is 30.3 Å². The Morgan fingerprint density at radius 2 is 1.71 bits per heavy atom. The third-order valence-electron chi connectivity index (χ3n) is 5.56. The molecule has 0 spiro atoms. The van der Waals surface area contributed by atoms with Crippen LogP contribution in [0.4, 0.5) is 11.4 Å². The molecule has 2 N–H and O–H groups in total. The number of benzene rings is 2. The first kappa shape index (κ1) is 27.3. The van der Waals surface area contributed by atoms with Crippen LogP contribution < -0.4 is 10.6 Å². The number of ether oxygens (including phenoxy) is 1. The molecular formula is C25H28Cl2N2O5. The molecule has 2 amide bonds. The Labute approximate surface area is 209 Å². The molecule has 2 aromatic rings. The van der Waals surface area contributed by atoms with Crippen molar-refractivity contribution >= 4 is 58.1 Å². The number of ketones is 1. The molecule has 34 heavy (non-hydrogen) atoms. The SMILES string of the molecule is CCc1cccc([C@@H](C)CC)c1NC(=O)C(=O)[C@H](CC(=O)Nc1ccc(Cl)c(Cl)c1)C(=O)OC. The summed E-state index contributed by atoms with van der Waals surface area (Å²) in [6, 6.07) is 10.1. The summed E-state index contributed by atoms with van der Waals surface area (Å²) >= 11 is 11.8. The van der Waals surface area contributed by atoms with Crippen molar-refractivity contribution in [1.82, 2.24) is 0 Å². The van der Waals surface area contributed by atoms with E-state index in [0.717, 1.165) is 24.7 Å². The Morgan fingerprint density at radius 1 is 1.00 bits per heavy atom. The van der Waals surface area contributed by atoms with Crippen molar-refractivity contribution in [2.75, 3.05) is 17.7 Å². The molecule has 2 rings (SSSR count). The average molecular weight is 507 g/mol. The Hall–Kier alpha value is -2.90. The van der Waals surface area contributed by atoms with E-state index in [2.05, 4.69) is 15.4 Å². The van der Waals surface area contributed by atoms with Gasteiger partial charge >= 0.3 is 5.97 Å². The van der Waals surface area contributed by atoms with Crippen LogP contribution in [0.2, 0.25) is 10.0 Å². The molecule has 0 fully saturated rings. The van der Waals surface area contributed by atoms with Crippen LogP contribution in [0.1, 0.15) is 50.7 Å². The highest BCUT2D eigenvalue weighted by atomic mass is 35.5. The Balaban J connectivity index is 2.23. The summed E-state index contributed by atoms with van der Waals surface area (Å²) in [5.41, 5.74) is 2.65. The highest BCUT2D eigenvalue weighted by Gasteiger charge is 2.35. The summed E-state index contributed by atoms with van der Waals surface area (Å²) in [5, 5.41) is 5.76. The highest BCUT2D eigenvalue weighted by Crippen LogP contribution is 2.31. The maximum atomic E-state index is 13.0. The molecule has 2 aromatic carbocycles. The van der Waals surface area contributed by atoms with Crippen molar-refractivity contribution in [1.29, 1.82) is 0 Å². The van der Waals surface area contributed by atoms with Gasteiger partial charge in [0.15, 0.2) is 0 Å². The van der Waals surface area contributed by atoms with Gasteiger partial charge in [-0.2, -0.15) is 0 Å². The number of aryl methyl sites for hydroxylation is 1. The van der Waals surface area contributed by atoms with E-state index in [9.17, 15) is 19.2 Å². The number of carbonyl (C=O) groups excluding carboxylic acids is 4. The van der Waals surface area contributed by atoms with Gasteiger partial charge in [-0.15, -0.1) is 0 Å². The maximum absolute atomic E-state index is 13.0. The topological polar surface area (TPSA) is 102 Å². The average Bonchev–Trinajstić information content (AvgIpc) is 2.83. The van der Waals surface area contributed by atoms with Crippen molar-refractivity contribution in [3.8, 4) is 0 Å². The monoisotopic (exact) mass is 506 g/mol. The first-order valence-electron chi connectivity index (χ1n) is 10.9. The fourth-order valence-electron chi connectivity index (χ4n) is 3.43. The van der Waals surface area contributed by atoms with Gasteiger partial charge in [0.2, 0.25) is 11.7 Å². The molecule has 0 unspecified atom stereocenters. The van der Waals surface area contributed by atoms with E-state index >= 15 is 0 Å². The molecule has 0 radical (unpaired) electrons. The standard InChI is InChI=1S/C25H28Cl2N2O5/c1-5-14(3)17-9-7-8-15(6-2)22(17)29-24(32)23(31)18(25(33)34-4)13-21(30)28-16-10-11-19(26)20(27)12-16/h7-12,14,18H,5-6,13H2,1-4H3,(H,28,30)(H,29,32)/t14-,18-/m0/s1. The van der Waals surface area contributed by atoms with Crippen molar-refractivity contribution in [2.45, 2.75) is 46.0 Å². The van der Waals surface area contributed by atoms with E-state index in [4.69, 9.17) is 23.2 Å². The number of carbonyl (C=O) groups is 4. The molecule has 0 bridgehead atoms. The second-order valence-corrected chi connectivity index (χ2v) is 8.63. The zero-order valence-electron chi connectivity index (χ0n) is 19.5. The number of Topliss-reactive ketones (excluding diaryl/α,β-unsaturated/α-hetero) is 1. The van der Waals surface area contributed by atoms with Crippen molar-refractivity contribution < 1.29 is 23.9 Å². The molecule has 7 nitrogen and oxygen atoms in total. The maximum Gasteiger partial charge on any atom is 0.317 e. The third-order valence-corrected chi connectivity index (χ3v) is 6.30. The molecule has 0 aliphatic rings. The number of esters is 1. The second-order valence-electron chi connectivity index (χ2n) is 7.82. The van der Waals surface area contributed by atoms with Gasteiger partial charge in [-0.05, 0) is 48.1 Å². The molecule has 0 heterocycles. The van der Waals surface area contributed by atoms with Crippen molar-refractivity contribution in [3.05, 3.63) is 57.6 Å². The van der Waals surface area contributed by atoms with Gasteiger partial charge in [-0.1, -0.05) is 62.2 Å². The van der Waals surface area contributed by atoms with Gasteiger partial charge in [-0.25, -0.2) is 0 Å². The minimum absolute atomic E-state index is 0.144. The quantitative estimate of drug-likeness (QED) is 0.255. The molecule has 0 aliphatic carbocycles. The minimum atomic E-state index is -1.60. The molecule has 2 atom stereocenters. The van der Waals surface area contributed by atoms with E-state index < -0.39 is 35.9 Å². The molecule has 0 aromatic heterocycles. The van der Waals surface area contributed by atoms with Gasteiger partial charge < -0.3 is 15.4 Å². The molecule has 9 heteroatoms. The predicted molar refractivity (Wildman–Crippen MR) is 133 cm³/mol. The van der Waals surface area contributed by atoms with Gasteiger partial charge in [0.25, 0.3) is 5.91 Å². The smallest absolute Gasteiger partial charge is 0.317 e. The summed E-state index contributed by atoms with van der Waals surface area (Å²) in [4.78, 5) is 50.7. The molecular weight excluding hydrogens is 479 g/mol. The Bertz CT molecular complexity index is 1090. The van der Waals surface area contributed by atoms with Crippen LogP contribution in [-0.4, -0.2) is 30.7 Å². The number of methoxy groups -OCH3 is 1. The van der Waals surface area contributed by atoms with E-state index in [1.165, 1.54) is 18.2 Å². The zero-order chi connectivity index (χ0) is 25.4.